The number of halogens is 1. The van der Waals surface area contributed by atoms with Crippen LogP contribution in [0.15, 0.2) is 18.2 Å². The Morgan fingerprint density at radius 2 is 2.18 bits per heavy atom. The summed E-state index contributed by atoms with van der Waals surface area (Å²) in [4.78, 5) is 2.41. The normalized spacial score (nSPS) is 22.4. The third-order valence-electron chi connectivity index (χ3n) is 3.58. The third-order valence-corrected chi connectivity index (χ3v) is 3.58. The van der Waals surface area contributed by atoms with Gasteiger partial charge in [0.25, 0.3) is 0 Å². The van der Waals surface area contributed by atoms with Crippen molar-refractivity contribution in [3.8, 4) is 0 Å². The average molecular weight is 236 g/mol. The van der Waals surface area contributed by atoms with Crippen LogP contribution in [0.5, 0.6) is 0 Å². The Morgan fingerprint density at radius 1 is 1.35 bits per heavy atom. The lowest BCUT2D eigenvalue weighted by molar-refractivity contribution is 0.273. The fraction of sp³-hybridized carbons (Fsp3) is 0.571. The van der Waals surface area contributed by atoms with E-state index in [-0.39, 0.29) is 11.5 Å². The highest BCUT2D eigenvalue weighted by Gasteiger charge is 2.14. The van der Waals surface area contributed by atoms with Gasteiger partial charge >= 0.3 is 0 Å². The summed E-state index contributed by atoms with van der Waals surface area (Å²) in [6.45, 7) is 5.39. The minimum Gasteiger partial charge on any atom is -0.396 e. The lowest BCUT2D eigenvalue weighted by Gasteiger charge is -2.20. The van der Waals surface area contributed by atoms with Gasteiger partial charge in [0.05, 0.1) is 5.69 Å². The van der Waals surface area contributed by atoms with E-state index < -0.39 is 0 Å². The van der Waals surface area contributed by atoms with Crippen molar-refractivity contribution in [1.82, 2.24) is 4.90 Å². The number of nitrogen functional groups attached to an aromatic ring is 1. The Morgan fingerprint density at radius 3 is 2.94 bits per heavy atom. The molecule has 2 rings (SSSR count). The molecule has 0 bridgehead atoms. The Bertz CT molecular complexity index is 378. The molecule has 94 valence electrons. The molecule has 1 atom stereocenters. The van der Waals surface area contributed by atoms with Crippen molar-refractivity contribution in [2.45, 2.75) is 32.7 Å². The Hall–Kier alpha value is -1.09. The summed E-state index contributed by atoms with van der Waals surface area (Å²) in [5.74, 6) is 0.522. The number of rotatable bonds is 2. The van der Waals surface area contributed by atoms with Gasteiger partial charge in [-0.05, 0) is 56.0 Å². The molecule has 1 unspecified atom stereocenters. The highest BCUT2D eigenvalue weighted by molar-refractivity contribution is 5.41. The van der Waals surface area contributed by atoms with E-state index in [4.69, 9.17) is 5.73 Å². The van der Waals surface area contributed by atoms with Gasteiger partial charge in [-0.15, -0.1) is 0 Å². The molecule has 1 aliphatic rings. The second-order valence-corrected chi connectivity index (χ2v) is 5.17. The van der Waals surface area contributed by atoms with Crippen molar-refractivity contribution in [2.24, 2.45) is 5.92 Å². The highest BCUT2D eigenvalue weighted by Crippen LogP contribution is 2.19. The van der Waals surface area contributed by atoms with Crippen molar-refractivity contribution in [2.75, 3.05) is 18.8 Å². The van der Waals surface area contributed by atoms with Gasteiger partial charge in [-0.25, -0.2) is 4.39 Å². The largest absolute Gasteiger partial charge is 0.396 e. The van der Waals surface area contributed by atoms with Gasteiger partial charge in [0.1, 0.15) is 5.82 Å². The van der Waals surface area contributed by atoms with Crippen LogP contribution in [-0.2, 0) is 6.54 Å². The first-order chi connectivity index (χ1) is 8.15. The van der Waals surface area contributed by atoms with E-state index in [1.54, 1.807) is 12.1 Å². The Kier molecular flexibility index (Phi) is 4.00. The van der Waals surface area contributed by atoms with Crippen molar-refractivity contribution < 1.29 is 4.39 Å². The van der Waals surface area contributed by atoms with Gasteiger partial charge in [-0.2, -0.15) is 0 Å². The molecule has 0 saturated carbocycles. The summed E-state index contributed by atoms with van der Waals surface area (Å²) in [6.07, 6.45) is 3.81. The summed E-state index contributed by atoms with van der Waals surface area (Å²) in [7, 11) is 0. The summed E-state index contributed by atoms with van der Waals surface area (Å²) >= 11 is 0. The first-order valence-corrected chi connectivity index (χ1v) is 6.41. The number of likely N-dealkylation sites (tertiary alicyclic amines) is 1. The molecule has 1 aliphatic heterocycles. The molecule has 0 amide bonds. The number of anilines is 1. The van der Waals surface area contributed by atoms with E-state index in [0.29, 0.717) is 0 Å². The lowest BCUT2D eigenvalue weighted by Crippen LogP contribution is -2.24. The van der Waals surface area contributed by atoms with Crippen molar-refractivity contribution in [3.63, 3.8) is 0 Å². The van der Waals surface area contributed by atoms with Crippen molar-refractivity contribution in [1.29, 1.82) is 0 Å². The average Bonchev–Trinajstić information content (AvgIpc) is 2.49. The fourth-order valence-corrected chi connectivity index (χ4v) is 2.41. The molecule has 1 saturated heterocycles. The third kappa shape index (κ3) is 3.43. The molecule has 2 N–H and O–H groups in total. The zero-order valence-electron chi connectivity index (χ0n) is 10.5. The molecule has 1 aromatic carbocycles. The lowest BCUT2D eigenvalue weighted by atomic mass is 10.0. The van der Waals surface area contributed by atoms with Gasteiger partial charge in [-0.1, -0.05) is 13.0 Å². The maximum Gasteiger partial charge on any atom is 0.146 e. The Balaban J connectivity index is 1.97. The van der Waals surface area contributed by atoms with E-state index in [1.807, 2.05) is 6.07 Å². The quantitative estimate of drug-likeness (QED) is 0.800. The summed E-state index contributed by atoms with van der Waals surface area (Å²) in [5, 5.41) is 0. The SMILES string of the molecule is CC1CCCN(Cc2ccc(N)c(F)c2)CC1. The van der Waals surface area contributed by atoms with E-state index in [1.165, 1.54) is 19.3 Å². The maximum atomic E-state index is 13.3. The van der Waals surface area contributed by atoms with Crippen molar-refractivity contribution in [3.05, 3.63) is 29.6 Å². The van der Waals surface area contributed by atoms with Crippen LogP contribution in [0.3, 0.4) is 0 Å². The van der Waals surface area contributed by atoms with Gasteiger partial charge in [-0.3, -0.25) is 4.90 Å². The van der Waals surface area contributed by atoms with Crippen LogP contribution in [-0.4, -0.2) is 18.0 Å². The molecule has 17 heavy (non-hydrogen) atoms. The molecular formula is C14H21FN2. The predicted molar refractivity (Wildman–Crippen MR) is 69.1 cm³/mol. The van der Waals surface area contributed by atoms with Gasteiger partial charge < -0.3 is 5.73 Å². The molecule has 0 spiro atoms. The predicted octanol–water partition coefficient (Wildman–Crippen LogP) is 3.03. The van der Waals surface area contributed by atoms with Gasteiger partial charge in [0.2, 0.25) is 0 Å². The fourth-order valence-electron chi connectivity index (χ4n) is 2.41. The minimum absolute atomic E-state index is 0.234. The van der Waals surface area contributed by atoms with E-state index in [2.05, 4.69) is 11.8 Å². The number of nitrogens with two attached hydrogens (primary N) is 1. The molecule has 1 heterocycles. The van der Waals surface area contributed by atoms with E-state index >= 15 is 0 Å². The number of nitrogens with zero attached hydrogens (tertiary/aromatic N) is 1. The number of hydrogen-bond donors (Lipinski definition) is 1. The van der Waals surface area contributed by atoms with Crippen LogP contribution in [0.25, 0.3) is 0 Å². The molecule has 1 fully saturated rings. The van der Waals surface area contributed by atoms with Crippen molar-refractivity contribution >= 4 is 5.69 Å². The van der Waals surface area contributed by atoms with Crippen LogP contribution < -0.4 is 5.73 Å². The summed E-state index contributed by atoms with van der Waals surface area (Å²) in [5.41, 5.74) is 6.73. The first kappa shape index (κ1) is 12.4. The molecule has 0 radical (unpaired) electrons. The molecule has 1 aromatic rings. The minimum atomic E-state index is -0.300. The molecule has 0 aromatic heterocycles. The highest BCUT2D eigenvalue weighted by atomic mass is 19.1. The zero-order valence-corrected chi connectivity index (χ0v) is 10.5. The summed E-state index contributed by atoms with van der Waals surface area (Å²) < 4.78 is 13.3. The second-order valence-electron chi connectivity index (χ2n) is 5.17. The van der Waals surface area contributed by atoms with Crippen LogP contribution in [0, 0.1) is 11.7 Å². The molecule has 2 nitrogen and oxygen atoms in total. The zero-order chi connectivity index (χ0) is 12.3. The smallest absolute Gasteiger partial charge is 0.146 e. The van der Waals surface area contributed by atoms with Crippen LogP contribution >= 0.6 is 0 Å². The molecule has 3 heteroatoms. The summed E-state index contributed by atoms with van der Waals surface area (Å²) in [6, 6.07) is 5.14. The number of benzene rings is 1. The topological polar surface area (TPSA) is 29.3 Å². The van der Waals surface area contributed by atoms with Crippen LogP contribution in [0.4, 0.5) is 10.1 Å². The van der Waals surface area contributed by atoms with Gasteiger partial charge in [0.15, 0.2) is 0 Å². The Labute approximate surface area is 103 Å². The number of hydrogen-bond acceptors (Lipinski definition) is 2. The molecule has 0 aliphatic carbocycles. The molecular weight excluding hydrogens is 215 g/mol. The van der Waals surface area contributed by atoms with E-state index in [0.717, 1.165) is 31.1 Å². The van der Waals surface area contributed by atoms with Gasteiger partial charge in [0, 0.05) is 6.54 Å². The second kappa shape index (κ2) is 5.50. The monoisotopic (exact) mass is 236 g/mol. The van der Waals surface area contributed by atoms with Crippen LogP contribution in [0.1, 0.15) is 31.7 Å². The van der Waals surface area contributed by atoms with Crippen LogP contribution in [0.2, 0.25) is 0 Å². The first-order valence-electron chi connectivity index (χ1n) is 6.41. The van der Waals surface area contributed by atoms with E-state index in [9.17, 15) is 4.39 Å². The maximum absolute atomic E-state index is 13.3. The standard InChI is InChI=1S/C14H21FN2/c1-11-3-2-7-17(8-6-11)10-12-4-5-14(16)13(15)9-12/h4-5,9,11H,2-3,6-8,10,16H2,1H3.